The first-order chi connectivity index (χ1) is 29.0. The minimum Gasteiger partial charge on any atom is -0.489 e. The molecule has 1 saturated carbocycles. The van der Waals surface area contributed by atoms with Gasteiger partial charge in [-0.15, -0.1) is 13.2 Å². The monoisotopic (exact) mass is 836 g/mol. The van der Waals surface area contributed by atoms with Crippen molar-refractivity contribution >= 4 is 11.8 Å². The molecule has 3 N–H and O–H groups in total. The first-order valence-corrected chi connectivity index (χ1v) is 21.4. The van der Waals surface area contributed by atoms with E-state index < -0.39 is 29.4 Å². The molecule has 2 aromatic carbocycles. The number of fused-ring (bicyclic) bond motifs is 2. The van der Waals surface area contributed by atoms with Gasteiger partial charge in [-0.25, -0.2) is 9.18 Å². The molecule has 1 heterocycles. The molecular formula is C47H65FN2O10. The maximum absolute atomic E-state index is 14.7. The number of carbonyl (C=O) groups excluding carboxylic acids is 1. The Balaban J connectivity index is 1.76. The molecule has 0 saturated heterocycles. The Bertz CT molecular complexity index is 1780. The standard InChI is InChI=1S/C47H65FN2O10/c1-6-8-26-56-45(54)50(21-27-55-28-24-53)42-31-40(49-60-46(3,4)5)37-29-33(15-11-13-22-51)36(17-12-14-23-52)43-38-30-35(57-32-34-16-9-10-18-39(34)48)19-20-41(38)59-47(42,44(37)43)58-25-7-2/h6-7,9-10,16,18-20,29-30,33,36,42-44,51-53H,1-2,8,11-15,17,21-28,31-32H2,3-5H3. The van der Waals surface area contributed by atoms with Crippen molar-refractivity contribution in [2.75, 3.05) is 52.8 Å². The molecule has 2 aromatic rings. The molecule has 12 nitrogen and oxygen atoms in total. The summed E-state index contributed by atoms with van der Waals surface area (Å²) in [6, 6.07) is 11.3. The van der Waals surface area contributed by atoms with Crippen LogP contribution in [0.3, 0.4) is 0 Å². The van der Waals surface area contributed by atoms with E-state index in [0.717, 1.165) is 36.8 Å². The van der Waals surface area contributed by atoms with Crippen LogP contribution < -0.4 is 9.47 Å². The van der Waals surface area contributed by atoms with Gasteiger partial charge < -0.3 is 43.8 Å². The van der Waals surface area contributed by atoms with Crippen molar-refractivity contribution in [3.63, 3.8) is 0 Å². The van der Waals surface area contributed by atoms with Gasteiger partial charge >= 0.3 is 6.09 Å². The van der Waals surface area contributed by atoms with Crippen LogP contribution in [0.4, 0.5) is 9.18 Å². The van der Waals surface area contributed by atoms with Gasteiger partial charge in [-0.2, -0.15) is 0 Å². The summed E-state index contributed by atoms with van der Waals surface area (Å²) < 4.78 is 46.8. The molecule has 60 heavy (non-hydrogen) atoms. The highest BCUT2D eigenvalue weighted by atomic mass is 19.1. The highest BCUT2D eigenvalue weighted by Gasteiger charge is 2.65. The second kappa shape index (κ2) is 22.5. The van der Waals surface area contributed by atoms with E-state index in [4.69, 9.17) is 33.7 Å². The quantitative estimate of drug-likeness (QED) is 0.0542. The molecular weight excluding hydrogens is 772 g/mol. The van der Waals surface area contributed by atoms with Crippen LogP contribution >= 0.6 is 0 Å². The predicted molar refractivity (Wildman–Crippen MR) is 227 cm³/mol. The van der Waals surface area contributed by atoms with Crippen LogP contribution in [0.25, 0.3) is 0 Å². The van der Waals surface area contributed by atoms with Crippen LogP contribution in [0.5, 0.6) is 11.5 Å². The number of benzene rings is 2. The van der Waals surface area contributed by atoms with Crippen molar-refractivity contribution in [2.45, 2.75) is 102 Å². The summed E-state index contributed by atoms with van der Waals surface area (Å²) in [7, 11) is 0. The second-order valence-electron chi connectivity index (χ2n) is 16.6. The van der Waals surface area contributed by atoms with E-state index >= 15 is 0 Å². The third-order valence-electron chi connectivity index (χ3n) is 11.3. The molecule has 0 radical (unpaired) electrons. The van der Waals surface area contributed by atoms with E-state index in [0.29, 0.717) is 42.0 Å². The van der Waals surface area contributed by atoms with Gasteiger partial charge in [-0.3, -0.25) is 4.90 Å². The molecule has 1 aliphatic heterocycles. The van der Waals surface area contributed by atoms with E-state index in [1.807, 2.05) is 32.9 Å². The van der Waals surface area contributed by atoms with E-state index in [-0.39, 0.29) is 89.4 Å². The number of nitrogens with zero attached hydrogens (tertiary/aromatic N) is 2. The van der Waals surface area contributed by atoms with Crippen LogP contribution in [0, 0.1) is 23.6 Å². The maximum Gasteiger partial charge on any atom is 0.410 e. The van der Waals surface area contributed by atoms with Crippen LogP contribution in [-0.4, -0.2) is 102 Å². The molecule has 6 atom stereocenters. The normalized spacial score (nSPS) is 23.8. The van der Waals surface area contributed by atoms with E-state index in [9.17, 15) is 24.5 Å². The van der Waals surface area contributed by atoms with Crippen molar-refractivity contribution in [3.8, 4) is 11.5 Å². The van der Waals surface area contributed by atoms with Crippen molar-refractivity contribution in [2.24, 2.45) is 22.9 Å². The van der Waals surface area contributed by atoms with Crippen molar-refractivity contribution in [3.05, 3.63) is 96.4 Å². The van der Waals surface area contributed by atoms with Crippen molar-refractivity contribution < 1.29 is 53.0 Å². The fourth-order valence-electron chi connectivity index (χ4n) is 8.72. The fourth-order valence-corrected chi connectivity index (χ4v) is 8.72. The Morgan fingerprint density at radius 3 is 2.47 bits per heavy atom. The molecule has 3 aliphatic rings. The summed E-state index contributed by atoms with van der Waals surface area (Å²) in [5, 5.41) is 34.2. The topological polar surface area (TPSA) is 149 Å². The van der Waals surface area contributed by atoms with Gasteiger partial charge in [-0.1, -0.05) is 54.4 Å². The molecule has 0 spiro atoms. The lowest BCUT2D eigenvalue weighted by Crippen LogP contribution is -2.70. The largest absolute Gasteiger partial charge is 0.489 e. The number of aliphatic hydroxyl groups is 3. The van der Waals surface area contributed by atoms with Gasteiger partial charge in [0, 0.05) is 43.2 Å². The molecule has 13 heteroatoms. The summed E-state index contributed by atoms with van der Waals surface area (Å²) in [6.45, 7) is 14.0. The minimum absolute atomic E-state index is 0.00965. The zero-order valence-electron chi connectivity index (χ0n) is 35.6. The molecule has 330 valence electrons. The number of allylic oxidation sites excluding steroid dienone is 1. The van der Waals surface area contributed by atoms with Gasteiger partial charge in [0.1, 0.15) is 35.6 Å². The molecule has 0 aromatic heterocycles. The number of halogens is 1. The number of aliphatic hydroxyl groups excluding tert-OH is 3. The number of amides is 1. The number of rotatable bonds is 24. The molecule has 6 unspecified atom stereocenters. The lowest BCUT2D eigenvalue weighted by atomic mass is 9.55. The Labute approximate surface area is 354 Å². The average molecular weight is 837 g/mol. The van der Waals surface area contributed by atoms with Gasteiger partial charge in [0.25, 0.3) is 0 Å². The minimum atomic E-state index is -1.51. The van der Waals surface area contributed by atoms with Crippen molar-refractivity contribution in [1.29, 1.82) is 0 Å². The SMILES string of the molecule is C=CCCOC(=O)N(CCOCCO)C1CC(=NOC(C)(C)C)C2=CC(CCCCO)C(CCCCO)C3c4cc(OCc5ccccc5F)ccc4OC1(OCC=C)C23. The van der Waals surface area contributed by atoms with Gasteiger partial charge in [-0.05, 0) is 94.5 Å². The first-order valence-electron chi connectivity index (χ1n) is 21.4. The molecule has 0 bridgehead atoms. The molecule has 5 rings (SSSR count). The Hall–Kier alpha value is -4.27. The Kier molecular flexibility index (Phi) is 17.6. The zero-order chi connectivity index (χ0) is 43.1. The lowest BCUT2D eigenvalue weighted by molar-refractivity contribution is -0.256. The van der Waals surface area contributed by atoms with Crippen LogP contribution in [0.1, 0.15) is 89.2 Å². The average Bonchev–Trinajstić information content (AvgIpc) is 3.23. The number of carbonyl (C=O) groups is 1. The number of hydrogen-bond acceptors (Lipinski definition) is 11. The first kappa shape index (κ1) is 46.8. The molecule has 2 aliphatic carbocycles. The van der Waals surface area contributed by atoms with Crippen LogP contribution in [0.15, 0.2) is 84.6 Å². The van der Waals surface area contributed by atoms with Crippen molar-refractivity contribution in [1.82, 2.24) is 4.90 Å². The summed E-state index contributed by atoms with van der Waals surface area (Å²) in [5.41, 5.74) is 2.19. The highest BCUT2D eigenvalue weighted by Crippen LogP contribution is 2.62. The van der Waals surface area contributed by atoms with Crippen LogP contribution in [0.2, 0.25) is 0 Å². The number of oxime groups is 1. The predicted octanol–water partition coefficient (Wildman–Crippen LogP) is 7.86. The third-order valence-corrected chi connectivity index (χ3v) is 11.3. The smallest absolute Gasteiger partial charge is 0.410 e. The fraction of sp³-hybridized carbons (Fsp3) is 0.574. The number of unbranched alkanes of at least 4 members (excludes halogenated alkanes) is 2. The summed E-state index contributed by atoms with van der Waals surface area (Å²) in [4.78, 5) is 22.1. The summed E-state index contributed by atoms with van der Waals surface area (Å²) >= 11 is 0. The van der Waals surface area contributed by atoms with Crippen LogP contribution in [-0.2, 0) is 25.7 Å². The third kappa shape index (κ3) is 11.6. The Morgan fingerprint density at radius 1 is 1.00 bits per heavy atom. The molecule has 1 amide bonds. The van der Waals surface area contributed by atoms with E-state index in [1.165, 1.54) is 6.07 Å². The zero-order valence-corrected chi connectivity index (χ0v) is 35.6. The van der Waals surface area contributed by atoms with E-state index in [1.54, 1.807) is 41.3 Å². The van der Waals surface area contributed by atoms with E-state index in [2.05, 4.69) is 19.2 Å². The van der Waals surface area contributed by atoms with Gasteiger partial charge in [0.2, 0.25) is 5.79 Å². The second-order valence-corrected chi connectivity index (χ2v) is 16.6. The summed E-state index contributed by atoms with van der Waals surface area (Å²) in [5.74, 6) is -1.60. The summed E-state index contributed by atoms with van der Waals surface area (Å²) in [6.07, 6.45) is 10.0. The van der Waals surface area contributed by atoms with Gasteiger partial charge in [0.05, 0.1) is 44.7 Å². The maximum atomic E-state index is 14.7. The van der Waals surface area contributed by atoms with Gasteiger partial charge in [0.15, 0.2) is 0 Å². The molecule has 1 fully saturated rings. The lowest BCUT2D eigenvalue weighted by Gasteiger charge is -2.60. The number of ether oxygens (including phenoxy) is 5. The number of hydrogen-bond donors (Lipinski definition) is 3. The Morgan fingerprint density at radius 2 is 1.77 bits per heavy atom. The highest BCUT2D eigenvalue weighted by molar-refractivity contribution is 6.03.